The number of nitrogen functional groups attached to an aromatic ring is 1. The van der Waals surface area contributed by atoms with Crippen LogP contribution in [0.5, 0.6) is 0 Å². The van der Waals surface area contributed by atoms with Gasteiger partial charge in [0.2, 0.25) is 11.8 Å². The number of aromatic nitrogens is 4. The van der Waals surface area contributed by atoms with E-state index in [0.717, 1.165) is 120 Å². The molecule has 0 amide bonds. The normalized spacial score (nSPS) is 15.7. The van der Waals surface area contributed by atoms with E-state index in [1.807, 2.05) is 60.7 Å². The maximum atomic E-state index is 6.27. The lowest BCUT2D eigenvalue weighted by Gasteiger charge is -2.25. The van der Waals surface area contributed by atoms with Gasteiger partial charge in [0.25, 0.3) is 0 Å². The molecule has 2 saturated heterocycles. The summed E-state index contributed by atoms with van der Waals surface area (Å²) in [6.45, 7) is 3.28. The minimum Gasteiger partial charge on any atom is -0.472 e. The first-order valence-electron chi connectivity index (χ1n) is 18.0. The Balaban J connectivity index is 0.000000142. The number of oxazole rings is 2. The molecule has 10 rings (SSSR count). The van der Waals surface area contributed by atoms with Gasteiger partial charge in [-0.3, -0.25) is 0 Å². The summed E-state index contributed by atoms with van der Waals surface area (Å²) >= 11 is 0. The molecule has 10 heteroatoms. The molecular formula is C42H39N5O5. The van der Waals surface area contributed by atoms with Gasteiger partial charge in [0, 0.05) is 49.3 Å². The van der Waals surface area contributed by atoms with Crippen molar-refractivity contribution < 1.29 is 22.7 Å². The van der Waals surface area contributed by atoms with Crippen LogP contribution in [0.4, 0.5) is 5.69 Å². The summed E-state index contributed by atoms with van der Waals surface area (Å²) in [6, 6.07) is 30.3. The van der Waals surface area contributed by atoms with E-state index in [1.54, 1.807) is 12.5 Å². The quantitative estimate of drug-likeness (QED) is 0.169. The van der Waals surface area contributed by atoms with Gasteiger partial charge in [0.15, 0.2) is 11.2 Å². The molecule has 262 valence electrons. The van der Waals surface area contributed by atoms with Crippen molar-refractivity contribution in [3.63, 3.8) is 0 Å². The second-order valence-corrected chi connectivity index (χ2v) is 13.5. The molecule has 52 heavy (non-hydrogen) atoms. The average Bonchev–Trinajstić information content (AvgIpc) is 4.01. The van der Waals surface area contributed by atoms with E-state index < -0.39 is 0 Å². The van der Waals surface area contributed by atoms with Gasteiger partial charge in [-0.15, -0.1) is 0 Å². The fourth-order valence-corrected chi connectivity index (χ4v) is 7.31. The van der Waals surface area contributed by atoms with Crippen molar-refractivity contribution >= 4 is 38.9 Å². The predicted octanol–water partition coefficient (Wildman–Crippen LogP) is 9.50. The Kier molecular flexibility index (Phi) is 8.75. The third-order valence-electron chi connectivity index (χ3n) is 10.1. The zero-order chi connectivity index (χ0) is 34.9. The number of anilines is 1. The summed E-state index contributed by atoms with van der Waals surface area (Å²) in [7, 11) is 0. The van der Waals surface area contributed by atoms with Crippen molar-refractivity contribution in [2.75, 3.05) is 32.2 Å². The van der Waals surface area contributed by atoms with Crippen molar-refractivity contribution in [3.05, 3.63) is 109 Å². The zero-order valence-electron chi connectivity index (χ0n) is 28.7. The molecule has 2 fully saturated rings. The first-order valence-corrected chi connectivity index (χ1v) is 18.0. The monoisotopic (exact) mass is 693 g/mol. The Hall–Kier alpha value is -5.71. The van der Waals surface area contributed by atoms with Crippen molar-refractivity contribution in [2.45, 2.75) is 38.1 Å². The highest BCUT2D eigenvalue weighted by Crippen LogP contribution is 2.35. The first-order chi connectivity index (χ1) is 25.7. The number of rotatable bonds is 6. The molecule has 4 aromatic carbocycles. The average molecular weight is 694 g/mol. The molecule has 0 spiro atoms. The minimum absolute atomic E-state index is 0.355. The minimum atomic E-state index is 0.355. The third kappa shape index (κ3) is 6.47. The van der Waals surface area contributed by atoms with Crippen molar-refractivity contribution in [1.82, 2.24) is 19.5 Å². The number of fused-ring (bicyclic) bond motifs is 3. The van der Waals surface area contributed by atoms with Gasteiger partial charge in [0.1, 0.15) is 23.1 Å². The molecule has 2 aliphatic heterocycles. The molecule has 0 saturated carbocycles. The Bertz CT molecular complexity index is 2380. The number of benzene rings is 4. The van der Waals surface area contributed by atoms with E-state index in [2.05, 4.69) is 44.9 Å². The number of imidazole rings is 1. The van der Waals surface area contributed by atoms with Crippen molar-refractivity contribution in [2.24, 2.45) is 5.92 Å². The summed E-state index contributed by atoms with van der Waals surface area (Å²) in [5, 5.41) is 0. The molecule has 6 heterocycles. The highest BCUT2D eigenvalue weighted by molar-refractivity contribution is 5.86. The van der Waals surface area contributed by atoms with Crippen LogP contribution < -0.4 is 5.73 Å². The molecule has 0 aliphatic carbocycles. The van der Waals surface area contributed by atoms with Crippen LogP contribution in [0.1, 0.15) is 37.3 Å². The lowest BCUT2D eigenvalue weighted by molar-refractivity contribution is 0.0666. The highest BCUT2D eigenvalue weighted by Gasteiger charge is 2.24. The van der Waals surface area contributed by atoms with Crippen LogP contribution in [-0.4, -0.2) is 45.9 Å². The maximum Gasteiger partial charge on any atom is 0.227 e. The predicted molar refractivity (Wildman–Crippen MR) is 201 cm³/mol. The summed E-state index contributed by atoms with van der Waals surface area (Å²) in [5.74, 6) is 2.82. The summed E-state index contributed by atoms with van der Waals surface area (Å²) < 4.78 is 30.4. The second kappa shape index (κ2) is 14.1. The number of nitrogens with zero attached hydrogens (tertiary/aromatic N) is 4. The number of hydrogen-bond donors (Lipinski definition) is 1. The third-order valence-corrected chi connectivity index (χ3v) is 10.1. The number of hydrogen-bond acceptors (Lipinski definition) is 9. The smallest absolute Gasteiger partial charge is 0.227 e. The number of furan rings is 1. The zero-order valence-corrected chi connectivity index (χ0v) is 28.7. The van der Waals surface area contributed by atoms with E-state index >= 15 is 0 Å². The molecular weight excluding hydrogens is 654 g/mol. The SMILES string of the molecule is Nc1cc(-c2nc3ccccc3o2)ccc1CC1CCOCC1.c1ccc2oc(-c3ccc4c(c3)nc(-c3ccoc3)n4C3CCOCC3)nc2c1. The van der Waals surface area contributed by atoms with Crippen molar-refractivity contribution in [1.29, 1.82) is 0 Å². The van der Waals surface area contributed by atoms with Gasteiger partial charge >= 0.3 is 0 Å². The summed E-state index contributed by atoms with van der Waals surface area (Å²) in [6.07, 6.45) is 8.64. The summed E-state index contributed by atoms with van der Waals surface area (Å²) in [4.78, 5) is 14.1. The molecule has 0 atom stereocenters. The Morgan fingerprint density at radius 3 is 1.90 bits per heavy atom. The lowest BCUT2D eigenvalue weighted by Crippen LogP contribution is -2.20. The lowest BCUT2D eigenvalue weighted by atomic mass is 9.91. The molecule has 0 radical (unpaired) electrons. The highest BCUT2D eigenvalue weighted by atomic mass is 16.5. The number of ether oxygens (including phenoxy) is 2. The van der Waals surface area contributed by atoms with Crippen LogP contribution in [0.15, 0.2) is 117 Å². The van der Waals surface area contributed by atoms with Gasteiger partial charge in [0.05, 0.1) is 22.9 Å². The largest absolute Gasteiger partial charge is 0.472 e. The van der Waals surface area contributed by atoms with Crippen LogP contribution in [0, 0.1) is 5.92 Å². The topological polar surface area (TPSA) is 128 Å². The van der Waals surface area contributed by atoms with E-state index in [0.29, 0.717) is 23.7 Å². The van der Waals surface area contributed by atoms with E-state index in [4.69, 9.17) is 33.4 Å². The number of nitrogens with two attached hydrogens (primary N) is 1. The molecule has 4 aromatic heterocycles. The van der Waals surface area contributed by atoms with Gasteiger partial charge in [-0.25, -0.2) is 15.0 Å². The summed E-state index contributed by atoms with van der Waals surface area (Å²) in [5.41, 5.74) is 16.5. The molecule has 2 aliphatic rings. The van der Waals surface area contributed by atoms with Gasteiger partial charge in [-0.05, 0) is 104 Å². The molecule has 0 unspecified atom stereocenters. The van der Waals surface area contributed by atoms with Crippen LogP contribution in [0.25, 0.3) is 67.5 Å². The second-order valence-electron chi connectivity index (χ2n) is 13.5. The molecule has 2 N–H and O–H groups in total. The first kappa shape index (κ1) is 32.2. The van der Waals surface area contributed by atoms with Gasteiger partial charge < -0.3 is 33.0 Å². The van der Waals surface area contributed by atoms with Crippen molar-refractivity contribution in [3.8, 4) is 34.3 Å². The van der Waals surface area contributed by atoms with E-state index in [-0.39, 0.29) is 0 Å². The standard InChI is InChI=1S/C23H19N3O3.C19H20N2O2/c1-2-4-21-18(3-1)25-23(29-21)15-5-6-20-19(13-15)24-22(16-7-10-28-14-16)26(20)17-8-11-27-12-9-17;20-16-12-15(19-21-17-3-1-2-4-18(17)23-19)6-5-14(16)11-13-7-9-22-10-8-13/h1-7,10,13-14,17H,8-9,11-12H2;1-6,12-13H,7-11,20H2. The number of para-hydroxylation sites is 4. The molecule has 10 nitrogen and oxygen atoms in total. The van der Waals surface area contributed by atoms with Crippen LogP contribution in [0.2, 0.25) is 0 Å². The Morgan fingerprint density at radius 1 is 0.635 bits per heavy atom. The fourth-order valence-electron chi connectivity index (χ4n) is 7.31. The Morgan fingerprint density at radius 2 is 1.27 bits per heavy atom. The van der Waals surface area contributed by atoms with Crippen LogP contribution in [-0.2, 0) is 15.9 Å². The maximum absolute atomic E-state index is 6.27. The van der Waals surface area contributed by atoms with Gasteiger partial charge in [-0.1, -0.05) is 30.3 Å². The fraction of sp³-hybridized carbons (Fsp3) is 0.262. The molecule has 8 aromatic rings. The Labute approximate surface area is 300 Å². The van der Waals surface area contributed by atoms with E-state index in [9.17, 15) is 0 Å². The van der Waals surface area contributed by atoms with Crippen LogP contribution in [0.3, 0.4) is 0 Å². The van der Waals surface area contributed by atoms with Crippen LogP contribution >= 0.6 is 0 Å². The van der Waals surface area contributed by atoms with E-state index in [1.165, 1.54) is 5.56 Å². The van der Waals surface area contributed by atoms with Gasteiger partial charge in [-0.2, -0.15) is 0 Å². The molecule has 0 bridgehead atoms.